The van der Waals surface area contributed by atoms with Crippen LogP contribution < -0.4 is 20.3 Å². The highest BCUT2D eigenvalue weighted by Crippen LogP contribution is 2.28. The molecular formula is C24H27F3N8O2S. The number of aromatic nitrogens is 4. The fraction of sp³-hybridized carbons (Fsp3) is 0.458. The summed E-state index contributed by atoms with van der Waals surface area (Å²) in [6, 6.07) is 9.98. The first-order valence-corrected chi connectivity index (χ1v) is 13.1. The zero-order chi connectivity index (χ0) is 26.5. The monoisotopic (exact) mass is 548 g/mol. The number of anilines is 3. The van der Waals surface area contributed by atoms with Crippen LogP contribution in [0.5, 0.6) is 5.75 Å². The standard InChI is InChI=1S/C24H27F3N8O2S/c25-24(26,27)37-19-4-1-3-16(11-19)13-34-9-6-17(14-34)12-21(36)30-23-33-32-22(38-23)29-18-7-10-35(15-18)20-5-2-8-28-31-20/h1-5,8,11,17-18H,6-7,9-10,12-15H2,(H,29,32)(H,30,33,36)/t17-,18+/m0/s1. The number of amides is 1. The smallest absolute Gasteiger partial charge is 0.406 e. The van der Waals surface area contributed by atoms with Crippen molar-refractivity contribution in [2.75, 3.05) is 41.7 Å². The van der Waals surface area contributed by atoms with Crippen molar-refractivity contribution in [2.24, 2.45) is 5.92 Å². The van der Waals surface area contributed by atoms with Gasteiger partial charge in [0, 0.05) is 44.8 Å². The van der Waals surface area contributed by atoms with E-state index in [9.17, 15) is 18.0 Å². The summed E-state index contributed by atoms with van der Waals surface area (Å²) in [5.74, 6) is 0.638. The number of rotatable bonds is 9. The van der Waals surface area contributed by atoms with Gasteiger partial charge < -0.3 is 20.3 Å². The topological polar surface area (TPSA) is 108 Å². The van der Waals surface area contributed by atoms with Crippen LogP contribution in [-0.4, -0.2) is 69.8 Å². The Morgan fingerprint density at radius 2 is 1.95 bits per heavy atom. The average Bonchev–Trinajstić information content (AvgIpc) is 3.61. The van der Waals surface area contributed by atoms with E-state index in [1.54, 1.807) is 18.3 Å². The fourth-order valence-corrected chi connectivity index (χ4v) is 5.55. The van der Waals surface area contributed by atoms with Crippen molar-refractivity contribution in [1.29, 1.82) is 0 Å². The Labute approximate surface area is 221 Å². The summed E-state index contributed by atoms with van der Waals surface area (Å²) in [6.45, 7) is 3.59. The maximum Gasteiger partial charge on any atom is 0.573 e. The molecule has 2 fully saturated rings. The van der Waals surface area contributed by atoms with Crippen molar-refractivity contribution in [3.63, 3.8) is 0 Å². The van der Waals surface area contributed by atoms with Gasteiger partial charge in [-0.3, -0.25) is 9.69 Å². The summed E-state index contributed by atoms with van der Waals surface area (Å²) < 4.78 is 41.5. The number of hydrogen-bond acceptors (Lipinski definition) is 10. The van der Waals surface area contributed by atoms with E-state index in [-0.39, 0.29) is 23.6 Å². The molecule has 38 heavy (non-hydrogen) atoms. The van der Waals surface area contributed by atoms with Crippen LogP contribution in [0.25, 0.3) is 0 Å². The van der Waals surface area contributed by atoms with Crippen LogP contribution >= 0.6 is 11.3 Å². The number of carbonyl (C=O) groups excluding carboxylic acids is 1. The minimum atomic E-state index is -4.72. The number of ether oxygens (including phenoxy) is 1. The lowest BCUT2D eigenvalue weighted by atomic mass is 10.0. The Morgan fingerprint density at radius 1 is 1.08 bits per heavy atom. The molecule has 1 aromatic carbocycles. The Kier molecular flexibility index (Phi) is 7.88. The van der Waals surface area contributed by atoms with Gasteiger partial charge >= 0.3 is 6.36 Å². The van der Waals surface area contributed by atoms with Gasteiger partial charge in [-0.15, -0.1) is 28.5 Å². The van der Waals surface area contributed by atoms with Gasteiger partial charge in [-0.1, -0.05) is 23.5 Å². The second-order valence-corrected chi connectivity index (χ2v) is 10.4. The zero-order valence-electron chi connectivity index (χ0n) is 20.4. The van der Waals surface area contributed by atoms with E-state index in [2.05, 4.69) is 45.6 Å². The van der Waals surface area contributed by atoms with Crippen molar-refractivity contribution in [2.45, 2.75) is 38.2 Å². The van der Waals surface area contributed by atoms with Crippen LogP contribution in [0.15, 0.2) is 42.6 Å². The molecule has 2 saturated heterocycles. The van der Waals surface area contributed by atoms with Crippen molar-refractivity contribution in [3.05, 3.63) is 48.2 Å². The Morgan fingerprint density at radius 3 is 2.76 bits per heavy atom. The lowest BCUT2D eigenvalue weighted by Crippen LogP contribution is -2.26. The van der Waals surface area contributed by atoms with Gasteiger partial charge in [0.15, 0.2) is 5.82 Å². The third-order valence-corrected chi connectivity index (χ3v) is 7.22. The summed E-state index contributed by atoms with van der Waals surface area (Å²) in [5.41, 5.74) is 0.729. The van der Waals surface area contributed by atoms with Crippen LogP contribution in [0, 0.1) is 5.92 Å². The Bertz CT molecular complexity index is 1230. The summed E-state index contributed by atoms with van der Waals surface area (Å²) in [6.07, 6.45) is -0.972. The van der Waals surface area contributed by atoms with E-state index in [0.29, 0.717) is 29.8 Å². The highest BCUT2D eigenvalue weighted by Gasteiger charge is 2.31. The largest absolute Gasteiger partial charge is 0.573 e. The molecular weight excluding hydrogens is 521 g/mol. The molecule has 14 heteroatoms. The third-order valence-electron chi connectivity index (χ3n) is 6.45. The molecule has 0 aliphatic carbocycles. The molecule has 0 unspecified atom stereocenters. The highest BCUT2D eigenvalue weighted by molar-refractivity contribution is 7.19. The van der Waals surface area contributed by atoms with Gasteiger partial charge in [-0.05, 0) is 55.1 Å². The lowest BCUT2D eigenvalue weighted by molar-refractivity contribution is -0.274. The predicted octanol–water partition coefficient (Wildman–Crippen LogP) is 3.77. The van der Waals surface area contributed by atoms with E-state index in [1.165, 1.54) is 23.5 Å². The summed E-state index contributed by atoms with van der Waals surface area (Å²) in [7, 11) is 0. The minimum Gasteiger partial charge on any atom is -0.406 e. The third kappa shape index (κ3) is 7.28. The van der Waals surface area contributed by atoms with Crippen molar-refractivity contribution in [1.82, 2.24) is 25.3 Å². The summed E-state index contributed by atoms with van der Waals surface area (Å²) >= 11 is 1.30. The molecule has 202 valence electrons. The van der Waals surface area contributed by atoms with E-state index in [1.807, 2.05) is 12.1 Å². The van der Waals surface area contributed by atoms with Crippen molar-refractivity contribution >= 4 is 33.3 Å². The van der Waals surface area contributed by atoms with Gasteiger partial charge in [0.1, 0.15) is 5.75 Å². The van der Waals surface area contributed by atoms with Crippen molar-refractivity contribution in [3.8, 4) is 5.75 Å². The molecule has 2 atom stereocenters. The molecule has 1 amide bonds. The lowest BCUT2D eigenvalue weighted by Gasteiger charge is -2.17. The van der Waals surface area contributed by atoms with Crippen LogP contribution in [-0.2, 0) is 11.3 Å². The number of nitrogens with one attached hydrogen (secondary N) is 2. The first kappa shape index (κ1) is 26.1. The molecule has 3 aromatic rings. The molecule has 0 saturated carbocycles. The van der Waals surface area contributed by atoms with E-state index in [4.69, 9.17) is 0 Å². The molecule has 0 radical (unpaired) electrons. The van der Waals surface area contributed by atoms with Gasteiger partial charge in [0.2, 0.25) is 16.2 Å². The molecule has 0 bridgehead atoms. The number of halogens is 3. The average molecular weight is 549 g/mol. The zero-order valence-corrected chi connectivity index (χ0v) is 21.2. The quantitative estimate of drug-likeness (QED) is 0.413. The normalized spacial score (nSPS) is 20.0. The van der Waals surface area contributed by atoms with Crippen LogP contribution in [0.3, 0.4) is 0 Å². The first-order chi connectivity index (χ1) is 18.3. The second kappa shape index (κ2) is 11.5. The van der Waals surface area contributed by atoms with Crippen LogP contribution in [0.2, 0.25) is 0 Å². The number of likely N-dealkylation sites (tertiary alicyclic amines) is 1. The van der Waals surface area contributed by atoms with E-state index >= 15 is 0 Å². The van der Waals surface area contributed by atoms with Crippen LogP contribution in [0.1, 0.15) is 24.8 Å². The minimum absolute atomic E-state index is 0.130. The van der Waals surface area contributed by atoms with Crippen LogP contribution in [0.4, 0.5) is 29.3 Å². The highest BCUT2D eigenvalue weighted by atomic mass is 32.1. The summed E-state index contributed by atoms with van der Waals surface area (Å²) in [5, 5.41) is 23.6. The van der Waals surface area contributed by atoms with Crippen molar-refractivity contribution < 1.29 is 22.7 Å². The van der Waals surface area contributed by atoms with Gasteiger partial charge in [-0.2, -0.15) is 5.10 Å². The molecule has 10 nitrogen and oxygen atoms in total. The molecule has 4 heterocycles. The summed E-state index contributed by atoms with van der Waals surface area (Å²) in [4.78, 5) is 16.9. The SMILES string of the molecule is O=C(C[C@@H]1CCN(Cc2cccc(OC(F)(F)F)c2)C1)Nc1nnc(N[C@@H]2CCN(c3cccnn3)C2)s1. The molecule has 2 aromatic heterocycles. The number of benzene rings is 1. The maximum atomic E-state index is 12.6. The van der Waals surface area contributed by atoms with Gasteiger partial charge in [-0.25, -0.2) is 0 Å². The van der Waals surface area contributed by atoms with E-state index < -0.39 is 6.36 Å². The first-order valence-electron chi connectivity index (χ1n) is 12.3. The number of hydrogen-bond donors (Lipinski definition) is 2. The molecule has 5 rings (SSSR count). The number of alkyl halides is 3. The maximum absolute atomic E-state index is 12.6. The number of nitrogens with zero attached hydrogens (tertiary/aromatic N) is 6. The van der Waals surface area contributed by atoms with E-state index in [0.717, 1.165) is 43.9 Å². The Balaban J connectivity index is 1.05. The fourth-order valence-electron chi connectivity index (χ4n) is 4.81. The second-order valence-electron chi connectivity index (χ2n) is 9.41. The molecule has 2 aliphatic rings. The molecule has 0 spiro atoms. The molecule has 2 aliphatic heterocycles. The van der Waals surface area contributed by atoms with Gasteiger partial charge in [0.25, 0.3) is 0 Å². The predicted molar refractivity (Wildman–Crippen MR) is 136 cm³/mol. The molecule has 2 N–H and O–H groups in total. The Hall–Kier alpha value is -3.52. The number of carbonyl (C=O) groups is 1. The van der Waals surface area contributed by atoms with Gasteiger partial charge in [0.05, 0.1) is 0 Å².